The molecule has 0 saturated heterocycles. The molecular formula is C26H30Cl2GeZr-2. The molecule has 4 aromatic rings. The first-order chi connectivity index (χ1) is 14.2. The van der Waals surface area contributed by atoms with E-state index in [1.165, 1.54) is 44.2 Å². The zero-order valence-corrected chi connectivity index (χ0v) is 24.8. The molecule has 0 aliphatic rings. The second-order valence-electron chi connectivity index (χ2n) is 7.80. The predicted molar refractivity (Wildman–Crippen MR) is 135 cm³/mol. The molecule has 0 N–H and O–H groups in total. The van der Waals surface area contributed by atoms with Crippen LogP contribution in [0.5, 0.6) is 0 Å². The molecule has 0 atom stereocenters. The van der Waals surface area contributed by atoms with E-state index >= 15 is 0 Å². The fourth-order valence-corrected chi connectivity index (χ4v) is 3.25. The van der Waals surface area contributed by atoms with E-state index in [1.807, 2.05) is 0 Å². The van der Waals surface area contributed by atoms with Crippen LogP contribution in [0.4, 0.5) is 0 Å². The average molecular weight is 577 g/mol. The molecule has 0 spiro atoms. The first-order valence-electron chi connectivity index (χ1n) is 10.1. The molecule has 0 nitrogen and oxygen atoms in total. The first-order valence-corrected chi connectivity index (χ1v) is 28.1. The minimum atomic E-state index is -1.59. The minimum absolute atomic E-state index is 0.735. The van der Waals surface area contributed by atoms with Gasteiger partial charge >= 0.3 is 54.8 Å². The van der Waals surface area contributed by atoms with Crippen molar-refractivity contribution in [1.82, 2.24) is 0 Å². The zero-order valence-electron chi connectivity index (χ0n) is 18.7. The van der Waals surface area contributed by atoms with Gasteiger partial charge in [0.2, 0.25) is 0 Å². The van der Waals surface area contributed by atoms with Crippen LogP contribution in [0, 0.1) is 27.7 Å². The maximum atomic E-state index is 5.65. The van der Waals surface area contributed by atoms with E-state index in [0.717, 1.165) is 0 Å². The van der Waals surface area contributed by atoms with Crippen molar-refractivity contribution in [2.24, 2.45) is 0 Å². The van der Waals surface area contributed by atoms with Crippen molar-refractivity contribution in [1.29, 1.82) is 0 Å². The van der Waals surface area contributed by atoms with Crippen molar-refractivity contribution in [2.45, 2.75) is 39.2 Å². The molecule has 0 saturated carbocycles. The summed E-state index contributed by atoms with van der Waals surface area (Å²) in [6.45, 7) is 8.64. The van der Waals surface area contributed by atoms with E-state index < -0.39 is 26.2 Å². The van der Waals surface area contributed by atoms with Crippen LogP contribution >= 0.6 is 17.0 Å². The normalized spacial score (nSPS) is 10.0. The third kappa shape index (κ3) is 7.52. The number of fused-ring (bicyclic) bond motifs is 1. The number of benzene rings is 2. The fourth-order valence-electron chi connectivity index (χ4n) is 3.25. The van der Waals surface area contributed by atoms with Crippen molar-refractivity contribution in [3.63, 3.8) is 0 Å². The Morgan fingerprint density at radius 3 is 1.83 bits per heavy atom. The molecule has 0 heterocycles. The zero-order chi connectivity index (χ0) is 22.3. The number of hydrogen-bond acceptors (Lipinski definition) is 0. The van der Waals surface area contributed by atoms with E-state index in [9.17, 15) is 0 Å². The van der Waals surface area contributed by atoms with Gasteiger partial charge < -0.3 is 0 Å². The van der Waals surface area contributed by atoms with Crippen LogP contribution in [0.25, 0.3) is 21.9 Å². The summed E-state index contributed by atoms with van der Waals surface area (Å²) < 4.78 is 0. The van der Waals surface area contributed by atoms with Crippen LogP contribution in [0.1, 0.15) is 22.3 Å². The number of halogens is 2. The third-order valence-corrected chi connectivity index (χ3v) is 39.5. The van der Waals surface area contributed by atoms with Crippen LogP contribution in [0.2, 0.25) is 11.5 Å². The summed E-state index contributed by atoms with van der Waals surface area (Å²) in [4.78, 5) is 0. The van der Waals surface area contributed by atoms with Gasteiger partial charge in [-0.15, -0.1) is 40.6 Å². The molecule has 158 valence electrons. The fraction of sp³-hybridized carbons (Fsp3) is 0.231. The molecule has 0 aromatic heterocycles. The van der Waals surface area contributed by atoms with Gasteiger partial charge in [-0.05, 0) is 0 Å². The second-order valence-corrected chi connectivity index (χ2v) is 45.7. The van der Waals surface area contributed by atoms with E-state index in [-0.39, 0.29) is 0 Å². The summed E-state index contributed by atoms with van der Waals surface area (Å²) >= 11 is -1.59. The van der Waals surface area contributed by atoms with Crippen LogP contribution in [0.3, 0.4) is 0 Å². The van der Waals surface area contributed by atoms with Crippen LogP contribution in [0.15, 0.2) is 72.8 Å². The second kappa shape index (κ2) is 12.4. The van der Waals surface area contributed by atoms with Crippen LogP contribution in [-0.2, 0) is 16.2 Å². The van der Waals surface area contributed by atoms with Crippen molar-refractivity contribution in [3.05, 3.63) is 95.1 Å². The standard InChI is InChI=1S/C13H13.C11H11.C2H6Ge.2ClH.Zr/c1-10-8-11(2)13(9-10)12-6-4-3-5-7-12;1-8-7-10-5-3-4-6-11(10)9(8)2;1-3-2;;;/h3-9H,1-2H3;3-7H,1-2H3;1-2H3;2*1H;/q2*-1;;;;+2/p-2. The molecule has 0 aliphatic heterocycles. The van der Waals surface area contributed by atoms with Gasteiger partial charge in [0.05, 0.1) is 0 Å². The topological polar surface area (TPSA) is 0 Å². The summed E-state index contributed by atoms with van der Waals surface area (Å²) in [5.74, 6) is 4.46. The molecule has 0 amide bonds. The van der Waals surface area contributed by atoms with Gasteiger partial charge in [-0.2, -0.15) is 28.3 Å². The molecule has 0 unspecified atom stereocenters. The van der Waals surface area contributed by atoms with Gasteiger partial charge in [0.15, 0.2) is 0 Å². The molecule has 4 rings (SSSR count). The molecular weight excluding hydrogens is 547 g/mol. The van der Waals surface area contributed by atoms with E-state index in [4.69, 9.17) is 17.0 Å². The Labute approximate surface area is 197 Å². The summed E-state index contributed by atoms with van der Waals surface area (Å²) in [7, 11) is 10.6. The molecule has 0 radical (unpaired) electrons. The van der Waals surface area contributed by atoms with Crippen molar-refractivity contribution < 1.29 is 16.2 Å². The van der Waals surface area contributed by atoms with Crippen molar-refractivity contribution in [2.75, 3.05) is 0 Å². The van der Waals surface area contributed by atoms with Crippen LogP contribution < -0.4 is 0 Å². The summed E-state index contributed by atoms with van der Waals surface area (Å²) in [6.07, 6.45) is 0. The van der Waals surface area contributed by atoms with Gasteiger partial charge in [-0.25, -0.2) is 6.07 Å². The van der Waals surface area contributed by atoms with E-state index in [2.05, 4.69) is 112 Å². The summed E-state index contributed by atoms with van der Waals surface area (Å²) in [5, 5.41) is 2.76. The number of rotatable bonds is 1. The Hall–Kier alpha value is -0.594. The molecule has 0 bridgehead atoms. The van der Waals surface area contributed by atoms with Gasteiger partial charge in [0.1, 0.15) is 0 Å². The molecule has 0 aliphatic carbocycles. The Balaban J connectivity index is 0.000000172. The quantitative estimate of drug-likeness (QED) is 0.157. The predicted octanol–water partition coefficient (Wildman–Crippen LogP) is 9.03. The third-order valence-electron chi connectivity index (χ3n) is 5.03. The molecule has 30 heavy (non-hydrogen) atoms. The first kappa shape index (κ1) is 25.7. The van der Waals surface area contributed by atoms with Crippen molar-refractivity contribution in [3.8, 4) is 11.1 Å². The molecule has 4 aromatic carbocycles. The monoisotopic (exact) mass is 576 g/mol. The maximum absolute atomic E-state index is 5.65. The summed E-state index contributed by atoms with van der Waals surface area (Å²) in [6, 6.07) is 25.7. The van der Waals surface area contributed by atoms with Gasteiger partial charge in [-0.1, -0.05) is 69.7 Å². The van der Waals surface area contributed by atoms with Crippen LogP contribution in [-0.4, -0.2) is 9.98 Å². The van der Waals surface area contributed by atoms with Gasteiger partial charge in [-0.3, -0.25) is 0 Å². The van der Waals surface area contributed by atoms with Crippen molar-refractivity contribution >= 4 is 37.8 Å². The Morgan fingerprint density at radius 1 is 0.767 bits per heavy atom. The summed E-state index contributed by atoms with van der Waals surface area (Å²) in [5.41, 5.74) is 8.19. The van der Waals surface area contributed by atoms with E-state index in [1.54, 1.807) is 0 Å². The Bertz CT molecular complexity index is 1100. The molecule has 4 heteroatoms. The average Bonchev–Trinajstić information content (AvgIpc) is 3.21. The SMILES string of the molecule is Cc1[cH-]c2ccccc2c1C.Cc1cc(-c2ccccc2)c(C)[cH-]1.[CH3][Ge]([CH3])=[Zr]([Cl])[Cl]. The van der Waals surface area contributed by atoms with Gasteiger partial charge in [0, 0.05) is 0 Å². The number of aryl methyl sites for hydroxylation is 4. The Kier molecular flexibility index (Phi) is 10.6. The van der Waals surface area contributed by atoms with Gasteiger partial charge in [0.25, 0.3) is 0 Å². The van der Waals surface area contributed by atoms with E-state index in [0.29, 0.717) is 0 Å². The Morgan fingerprint density at radius 2 is 1.33 bits per heavy atom. The number of hydrogen-bond donors (Lipinski definition) is 0. The molecule has 0 fully saturated rings.